The predicted octanol–water partition coefficient (Wildman–Crippen LogP) is 0.744. The normalized spacial score (nSPS) is 37.5. The van der Waals surface area contributed by atoms with E-state index in [2.05, 4.69) is 0 Å². The number of carbonyl (C=O) groups excluding carboxylic acids is 1. The van der Waals surface area contributed by atoms with Gasteiger partial charge in [0, 0.05) is 6.54 Å². The van der Waals surface area contributed by atoms with Crippen LogP contribution in [0.3, 0.4) is 0 Å². The highest BCUT2D eigenvalue weighted by molar-refractivity contribution is 5.82. The van der Waals surface area contributed by atoms with E-state index in [1.165, 1.54) is 6.42 Å². The number of amides is 1. The molecule has 2 atom stereocenters. The summed E-state index contributed by atoms with van der Waals surface area (Å²) in [6.07, 6.45) is 3.26. The van der Waals surface area contributed by atoms with Gasteiger partial charge in [-0.15, -0.1) is 0 Å². The summed E-state index contributed by atoms with van der Waals surface area (Å²) in [5.41, 5.74) is 0. The molecule has 0 aromatic carbocycles. The fourth-order valence-corrected chi connectivity index (χ4v) is 1.82. The topological polar surface area (TPSA) is 29.5 Å². The highest BCUT2D eigenvalue weighted by atomic mass is 16.5. The van der Waals surface area contributed by atoms with Crippen molar-refractivity contribution < 1.29 is 9.53 Å². The molecule has 0 aromatic rings. The van der Waals surface area contributed by atoms with Crippen molar-refractivity contribution >= 4 is 5.91 Å². The predicted molar refractivity (Wildman–Crippen MR) is 39.9 cm³/mol. The lowest BCUT2D eigenvalue weighted by Gasteiger charge is -2.27. The van der Waals surface area contributed by atoms with Crippen molar-refractivity contribution in [1.82, 2.24) is 4.90 Å². The van der Waals surface area contributed by atoms with Gasteiger partial charge in [-0.3, -0.25) is 4.79 Å². The number of hydrogen-bond donors (Lipinski definition) is 0. The Morgan fingerprint density at radius 2 is 2.36 bits per heavy atom. The van der Waals surface area contributed by atoms with E-state index in [9.17, 15) is 4.79 Å². The van der Waals surface area contributed by atoms with Crippen LogP contribution in [0.25, 0.3) is 0 Å². The number of ether oxygens (including phenoxy) is 1. The van der Waals surface area contributed by atoms with Gasteiger partial charge < -0.3 is 9.64 Å². The van der Waals surface area contributed by atoms with Crippen molar-refractivity contribution in [2.24, 2.45) is 0 Å². The van der Waals surface area contributed by atoms with E-state index >= 15 is 0 Å². The lowest BCUT2D eigenvalue weighted by Crippen LogP contribution is -2.38. The van der Waals surface area contributed by atoms with Crippen LogP contribution < -0.4 is 0 Å². The van der Waals surface area contributed by atoms with Gasteiger partial charge in [0.05, 0.1) is 0 Å². The van der Waals surface area contributed by atoms with Gasteiger partial charge in [0.25, 0.3) is 5.91 Å². The average molecular weight is 155 g/mol. The minimum Gasteiger partial charge on any atom is -0.346 e. The number of fused-ring (bicyclic) bond motifs is 1. The summed E-state index contributed by atoms with van der Waals surface area (Å²) in [6.45, 7) is 2.73. The largest absolute Gasteiger partial charge is 0.346 e. The lowest BCUT2D eigenvalue weighted by molar-refractivity contribution is -0.130. The molecule has 2 aliphatic rings. The number of rotatable bonds is 0. The Hall–Kier alpha value is -0.570. The average Bonchev–Trinajstić information content (AvgIpc) is 2.30. The minimum absolute atomic E-state index is 0.103. The van der Waals surface area contributed by atoms with Crippen LogP contribution in [0.4, 0.5) is 0 Å². The third kappa shape index (κ3) is 1.03. The van der Waals surface area contributed by atoms with Crippen LogP contribution in [0, 0.1) is 0 Å². The van der Waals surface area contributed by atoms with Crippen molar-refractivity contribution in [3.8, 4) is 0 Å². The first-order valence-corrected chi connectivity index (χ1v) is 4.25. The number of piperidine rings is 1. The van der Waals surface area contributed by atoms with E-state index < -0.39 is 0 Å². The maximum Gasteiger partial charge on any atom is 0.253 e. The Balaban J connectivity index is 2.11. The molecule has 3 heteroatoms. The zero-order valence-corrected chi connectivity index (χ0v) is 6.75. The van der Waals surface area contributed by atoms with Crippen molar-refractivity contribution in [2.75, 3.05) is 6.54 Å². The smallest absolute Gasteiger partial charge is 0.253 e. The Kier molecular flexibility index (Phi) is 1.60. The van der Waals surface area contributed by atoms with E-state index in [1.54, 1.807) is 0 Å². The highest BCUT2D eigenvalue weighted by Crippen LogP contribution is 2.25. The van der Waals surface area contributed by atoms with Gasteiger partial charge in [-0.1, -0.05) is 0 Å². The molecule has 0 N–H and O–H groups in total. The summed E-state index contributed by atoms with van der Waals surface area (Å²) in [5, 5.41) is 0. The Labute approximate surface area is 66.3 Å². The van der Waals surface area contributed by atoms with Crippen LogP contribution in [-0.4, -0.2) is 29.7 Å². The molecule has 2 rings (SSSR count). The molecule has 11 heavy (non-hydrogen) atoms. The quantitative estimate of drug-likeness (QED) is 0.516. The second-order valence-electron chi connectivity index (χ2n) is 3.26. The molecule has 0 bridgehead atoms. The Morgan fingerprint density at radius 1 is 1.55 bits per heavy atom. The minimum atomic E-state index is -0.196. The van der Waals surface area contributed by atoms with Crippen LogP contribution in [0.5, 0.6) is 0 Å². The molecular formula is C8H13NO2. The van der Waals surface area contributed by atoms with Crippen molar-refractivity contribution in [2.45, 2.75) is 38.5 Å². The van der Waals surface area contributed by atoms with Crippen molar-refractivity contribution in [3.63, 3.8) is 0 Å². The van der Waals surface area contributed by atoms with E-state index in [-0.39, 0.29) is 18.2 Å². The first-order chi connectivity index (χ1) is 5.29. The molecule has 0 saturated carbocycles. The highest BCUT2D eigenvalue weighted by Gasteiger charge is 2.38. The summed E-state index contributed by atoms with van der Waals surface area (Å²) in [7, 11) is 0. The molecule has 2 heterocycles. The summed E-state index contributed by atoms with van der Waals surface area (Å²) in [5.74, 6) is 0.176. The van der Waals surface area contributed by atoms with Gasteiger partial charge in [0.2, 0.25) is 0 Å². The van der Waals surface area contributed by atoms with Crippen LogP contribution in [0.2, 0.25) is 0 Å². The second-order valence-corrected chi connectivity index (χ2v) is 3.26. The number of nitrogens with zero attached hydrogens (tertiary/aromatic N) is 1. The molecule has 0 aromatic heterocycles. The molecule has 1 amide bonds. The van der Waals surface area contributed by atoms with Gasteiger partial charge in [0.1, 0.15) is 12.3 Å². The van der Waals surface area contributed by atoms with E-state index in [0.29, 0.717) is 0 Å². The fourth-order valence-electron chi connectivity index (χ4n) is 1.82. The monoisotopic (exact) mass is 155 g/mol. The lowest BCUT2D eigenvalue weighted by atomic mass is 10.1. The molecular weight excluding hydrogens is 142 g/mol. The first kappa shape index (κ1) is 7.10. The summed E-state index contributed by atoms with van der Waals surface area (Å²) >= 11 is 0. The molecule has 0 unspecified atom stereocenters. The zero-order valence-electron chi connectivity index (χ0n) is 6.75. The van der Waals surface area contributed by atoms with Gasteiger partial charge in [0.15, 0.2) is 0 Å². The van der Waals surface area contributed by atoms with Gasteiger partial charge in [-0.05, 0) is 26.2 Å². The molecule has 2 saturated heterocycles. The maximum atomic E-state index is 11.3. The van der Waals surface area contributed by atoms with Crippen molar-refractivity contribution in [1.29, 1.82) is 0 Å². The molecule has 2 fully saturated rings. The molecule has 3 nitrogen and oxygen atoms in total. The van der Waals surface area contributed by atoms with Gasteiger partial charge in [-0.25, -0.2) is 0 Å². The third-order valence-corrected chi connectivity index (χ3v) is 2.44. The summed E-state index contributed by atoms with van der Waals surface area (Å²) in [4.78, 5) is 13.2. The van der Waals surface area contributed by atoms with Gasteiger partial charge >= 0.3 is 0 Å². The molecule has 62 valence electrons. The molecule has 0 aliphatic carbocycles. The standard InChI is InChI=1S/C8H13NO2/c1-6-8(10)9-5-3-2-4-7(9)11-6/h6-7H,2-5H2,1H3/t6-,7+/m0/s1. The summed E-state index contributed by atoms with van der Waals surface area (Å²) < 4.78 is 5.45. The zero-order chi connectivity index (χ0) is 7.84. The van der Waals surface area contributed by atoms with Crippen LogP contribution in [0.15, 0.2) is 0 Å². The van der Waals surface area contributed by atoms with Crippen LogP contribution >= 0.6 is 0 Å². The van der Waals surface area contributed by atoms with E-state index in [0.717, 1.165) is 19.4 Å². The van der Waals surface area contributed by atoms with E-state index in [1.807, 2.05) is 11.8 Å². The third-order valence-electron chi connectivity index (χ3n) is 2.44. The molecule has 2 aliphatic heterocycles. The number of carbonyl (C=O) groups is 1. The second kappa shape index (κ2) is 2.48. The van der Waals surface area contributed by atoms with Crippen LogP contribution in [-0.2, 0) is 9.53 Å². The fraction of sp³-hybridized carbons (Fsp3) is 0.875. The summed E-state index contributed by atoms with van der Waals surface area (Å²) in [6, 6.07) is 0. The van der Waals surface area contributed by atoms with Crippen LogP contribution in [0.1, 0.15) is 26.2 Å². The van der Waals surface area contributed by atoms with Crippen molar-refractivity contribution in [3.05, 3.63) is 0 Å². The first-order valence-electron chi connectivity index (χ1n) is 4.25. The number of hydrogen-bond acceptors (Lipinski definition) is 2. The van der Waals surface area contributed by atoms with Gasteiger partial charge in [-0.2, -0.15) is 0 Å². The Morgan fingerprint density at radius 3 is 3.09 bits per heavy atom. The van der Waals surface area contributed by atoms with E-state index in [4.69, 9.17) is 4.74 Å². The molecule has 0 spiro atoms. The molecule has 0 radical (unpaired) electrons. The SMILES string of the molecule is C[C@@H]1O[C@@H]2CCCCN2C1=O. The Bertz CT molecular complexity index is 181. The maximum absolute atomic E-state index is 11.3.